The topological polar surface area (TPSA) is 84.9 Å². The third-order valence-electron chi connectivity index (χ3n) is 5.22. The van der Waals surface area contributed by atoms with Crippen molar-refractivity contribution in [3.63, 3.8) is 0 Å². The molecular formula is C21H28N2O5. The lowest BCUT2D eigenvalue weighted by atomic mass is 9.89. The van der Waals surface area contributed by atoms with Crippen LogP contribution in [0.25, 0.3) is 0 Å². The highest BCUT2D eigenvalue weighted by Gasteiger charge is 2.53. The fourth-order valence-electron chi connectivity index (χ4n) is 3.89. The highest BCUT2D eigenvalue weighted by molar-refractivity contribution is 5.93. The maximum Gasteiger partial charge on any atom is 0.408 e. The lowest BCUT2D eigenvalue weighted by Gasteiger charge is -2.47. The first-order valence-electron chi connectivity index (χ1n) is 9.67. The van der Waals surface area contributed by atoms with Gasteiger partial charge in [0.25, 0.3) is 0 Å². The minimum atomic E-state index is -1.06. The Balaban J connectivity index is 1.90. The summed E-state index contributed by atoms with van der Waals surface area (Å²) in [7, 11) is 0. The van der Waals surface area contributed by atoms with Gasteiger partial charge in [-0.2, -0.15) is 0 Å². The van der Waals surface area contributed by atoms with Crippen LogP contribution in [0.3, 0.4) is 0 Å². The van der Waals surface area contributed by atoms with Gasteiger partial charge in [0.15, 0.2) is 0 Å². The molecule has 2 amide bonds. The van der Waals surface area contributed by atoms with Crippen LogP contribution in [0, 0.1) is 0 Å². The summed E-state index contributed by atoms with van der Waals surface area (Å²) in [5.41, 5.74) is -0.818. The Kier molecular flexibility index (Phi) is 5.37. The zero-order valence-corrected chi connectivity index (χ0v) is 16.9. The second kappa shape index (κ2) is 7.45. The van der Waals surface area contributed by atoms with Crippen LogP contribution in [0.1, 0.15) is 58.6 Å². The van der Waals surface area contributed by atoms with Crippen molar-refractivity contribution in [2.45, 2.75) is 70.2 Å². The third kappa shape index (κ3) is 3.98. The number of ether oxygens (including phenoxy) is 2. The minimum absolute atomic E-state index is 0.101. The Morgan fingerprint density at radius 3 is 2.57 bits per heavy atom. The van der Waals surface area contributed by atoms with E-state index in [-0.39, 0.29) is 12.5 Å². The summed E-state index contributed by atoms with van der Waals surface area (Å²) in [5, 5.41) is 2.70. The number of esters is 1. The molecule has 0 bridgehead atoms. The molecule has 1 N–H and O–H groups in total. The van der Waals surface area contributed by atoms with E-state index in [0.29, 0.717) is 19.3 Å². The van der Waals surface area contributed by atoms with Crippen molar-refractivity contribution in [2.75, 3.05) is 6.61 Å². The maximum atomic E-state index is 13.5. The molecule has 0 aliphatic carbocycles. The number of cyclic esters (lactones) is 1. The van der Waals surface area contributed by atoms with Crippen LogP contribution in [0.15, 0.2) is 30.3 Å². The normalized spacial score (nSPS) is 28.1. The number of rotatable bonds is 2. The van der Waals surface area contributed by atoms with Crippen molar-refractivity contribution in [3.8, 4) is 0 Å². The van der Waals surface area contributed by atoms with Gasteiger partial charge in [-0.3, -0.25) is 4.79 Å². The monoisotopic (exact) mass is 388 g/mol. The smallest absolute Gasteiger partial charge is 0.408 e. The first-order chi connectivity index (χ1) is 13.1. The third-order valence-corrected chi connectivity index (χ3v) is 5.22. The van der Waals surface area contributed by atoms with E-state index < -0.39 is 35.3 Å². The average molecular weight is 388 g/mol. The zero-order chi connectivity index (χ0) is 20.5. The van der Waals surface area contributed by atoms with Gasteiger partial charge >= 0.3 is 12.1 Å². The zero-order valence-electron chi connectivity index (χ0n) is 16.9. The molecule has 0 saturated carbocycles. The lowest BCUT2D eigenvalue weighted by molar-refractivity contribution is -0.181. The molecule has 2 aliphatic heterocycles. The number of hydrogen-bond acceptors (Lipinski definition) is 5. The first kappa shape index (κ1) is 20.2. The van der Waals surface area contributed by atoms with Gasteiger partial charge in [0, 0.05) is 0 Å². The number of carbonyl (C=O) groups is 3. The number of alkyl carbamates (subject to hydrolysis) is 1. The van der Waals surface area contributed by atoms with Crippen molar-refractivity contribution in [3.05, 3.63) is 35.9 Å². The van der Waals surface area contributed by atoms with Gasteiger partial charge < -0.3 is 19.7 Å². The van der Waals surface area contributed by atoms with Crippen LogP contribution >= 0.6 is 0 Å². The van der Waals surface area contributed by atoms with Crippen molar-refractivity contribution < 1.29 is 23.9 Å². The molecule has 7 heteroatoms. The second-order valence-corrected chi connectivity index (χ2v) is 8.60. The molecule has 0 spiro atoms. The van der Waals surface area contributed by atoms with Gasteiger partial charge in [-0.15, -0.1) is 0 Å². The molecule has 1 aromatic carbocycles. The number of benzene rings is 1. The van der Waals surface area contributed by atoms with Crippen LogP contribution in [0.4, 0.5) is 4.79 Å². The van der Waals surface area contributed by atoms with Crippen LogP contribution in [0.5, 0.6) is 0 Å². The Bertz CT molecular complexity index is 758. The van der Waals surface area contributed by atoms with Gasteiger partial charge in [0.1, 0.15) is 23.8 Å². The summed E-state index contributed by atoms with van der Waals surface area (Å²) in [4.78, 5) is 39.9. The van der Waals surface area contributed by atoms with Crippen molar-refractivity contribution >= 4 is 18.0 Å². The van der Waals surface area contributed by atoms with Crippen LogP contribution < -0.4 is 5.32 Å². The number of carbonyl (C=O) groups excluding carboxylic acids is 3. The van der Waals surface area contributed by atoms with E-state index in [1.807, 2.05) is 30.3 Å². The molecule has 3 rings (SSSR count). The Morgan fingerprint density at radius 2 is 1.93 bits per heavy atom. The standard InChI is InChI=1S/C21H28N2O5/c1-20(2,3)28-19(26)22-15-11-8-12-21(4)18(25)27-13-16(23(21)17(15)24)14-9-6-5-7-10-14/h5-7,9-10,15-16H,8,11-13H2,1-4H3,(H,22,26)/t15-,16-,21-/m0/s1. The Morgan fingerprint density at radius 1 is 1.25 bits per heavy atom. The van der Waals surface area contributed by atoms with Gasteiger partial charge in [-0.1, -0.05) is 30.3 Å². The number of hydrogen-bond donors (Lipinski definition) is 1. The van der Waals surface area contributed by atoms with Crippen molar-refractivity contribution in [1.82, 2.24) is 10.2 Å². The molecular weight excluding hydrogens is 360 g/mol. The fourth-order valence-corrected chi connectivity index (χ4v) is 3.89. The van der Waals surface area contributed by atoms with E-state index in [9.17, 15) is 14.4 Å². The van der Waals surface area contributed by atoms with Gasteiger partial charge in [-0.25, -0.2) is 9.59 Å². The summed E-state index contributed by atoms with van der Waals surface area (Å²) in [5.74, 6) is -0.678. The average Bonchev–Trinajstić information content (AvgIpc) is 2.73. The van der Waals surface area contributed by atoms with E-state index >= 15 is 0 Å². The summed E-state index contributed by atoms with van der Waals surface area (Å²) in [6.45, 7) is 7.15. The predicted octanol–water partition coefficient (Wildman–Crippen LogP) is 2.95. The number of morpholine rings is 1. The largest absolute Gasteiger partial charge is 0.461 e. The van der Waals surface area contributed by atoms with Crippen molar-refractivity contribution in [2.24, 2.45) is 0 Å². The SMILES string of the molecule is CC(C)(C)OC(=O)N[C@H]1CCC[C@@]2(C)C(=O)OC[C@@H](c3ccccc3)N2C1=O. The summed E-state index contributed by atoms with van der Waals surface area (Å²) in [6.07, 6.45) is 0.896. The minimum Gasteiger partial charge on any atom is -0.461 e. The lowest BCUT2D eigenvalue weighted by Crippen LogP contribution is -2.63. The molecule has 2 fully saturated rings. The number of nitrogens with zero attached hydrogens (tertiary/aromatic N) is 1. The Hall–Kier alpha value is -2.57. The molecule has 0 aromatic heterocycles. The second-order valence-electron chi connectivity index (χ2n) is 8.60. The number of amides is 2. The highest BCUT2D eigenvalue weighted by atomic mass is 16.6. The summed E-state index contributed by atoms with van der Waals surface area (Å²) in [6, 6.07) is 8.38. The van der Waals surface area contributed by atoms with Crippen LogP contribution in [0.2, 0.25) is 0 Å². The van der Waals surface area contributed by atoms with Crippen molar-refractivity contribution in [1.29, 1.82) is 0 Å². The van der Waals surface area contributed by atoms with E-state index in [0.717, 1.165) is 5.56 Å². The van der Waals surface area contributed by atoms with Crippen LogP contribution in [-0.2, 0) is 19.1 Å². The van der Waals surface area contributed by atoms with E-state index in [2.05, 4.69) is 5.32 Å². The molecule has 1 aromatic rings. The van der Waals surface area contributed by atoms with E-state index in [1.165, 1.54) is 0 Å². The predicted molar refractivity (Wildman–Crippen MR) is 102 cm³/mol. The van der Waals surface area contributed by atoms with E-state index in [1.54, 1.807) is 32.6 Å². The molecule has 28 heavy (non-hydrogen) atoms. The summed E-state index contributed by atoms with van der Waals surface area (Å²) >= 11 is 0. The fraction of sp³-hybridized carbons (Fsp3) is 0.571. The molecule has 2 saturated heterocycles. The quantitative estimate of drug-likeness (QED) is 0.788. The molecule has 0 unspecified atom stereocenters. The molecule has 0 radical (unpaired) electrons. The molecule has 7 nitrogen and oxygen atoms in total. The molecule has 3 atom stereocenters. The van der Waals surface area contributed by atoms with Gasteiger partial charge in [0.05, 0.1) is 6.04 Å². The summed E-state index contributed by atoms with van der Waals surface area (Å²) < 4.78 is 10.8. The number of fused-ring (bicyclic) bond motifs is 1. The first-order valence-corrected chi connectivity index (χ1v) is 9.67. The highest BCUT2D eigenvalue weighted by Crippen LogP contribution is 2.40. The molecule has 152 valence electrons. The van der Waals surface area contributed by atoms with E-state index in [4.69, 9.17) is 9.47 Å². The van der Waals surface area contributed by atoms with Crippen LogP contribution in [-0.4, -0.2) is 46.7 Å². The molecule has 2 heterocycles. The maximum absolute atomic E-state index is 13.5. The molecule has 2 aliphatic rings. The Labute approximate surface area is 165 Å². The number of nitrogens with one attached hydrogen (secondary N) is 1. The van der Waals surface area contributed by atoms with Gasteiger partial charge in [-0.05, 0) is 52.5 Å². The van der Waals surface area contributed by atoms with Gasteiger partial charge in [0.2, 0.25) is 5.91 Å².